The van der Waals surface area contributed by atoms with E-state index in [2.05, 4.69) is 25.4 Å². The molecule has 0 unspecified atom stereocenters. The summed E-state index contributed by atoms with van der Waals surface area (Å²) >= 11 is 0. The van der Waals surface area contributed by atoms with Gasteiger partial charge in [0, 0.05) is 63.9 Å². The van der Waals surface area contributed by atoms with E-state index in [1.807, 2.05) is 12.1 Å². The Hall–Kier alpha value is -2.19. The Morgan fingerprint density at radius 1 is 1.04 bits per heavy atom. The smallest absolute Gasteiger partial charge is 0.309 e. The standard InChI is InChI=1S/C19H29N5O3/c25-18(21-7-10-23-11-13-27-14-12-23)19(26)22-15-16-3-8-24(9-4-16)17-1-5-20-6-2-17/h1-2,5-6,16H,3-4,7-15H2,(H,21,25)(H,22,26). The molecule has 3 heterocycles. The first-order valence-electron chi connectivity index (χ1n) is 9.73. The second-order valence-corrected chi connectivity index (χ2v) is 7.06. The monoisotopic (exact) mass is 375 g/mol. The number of ether oxygens (including phenoxy) is 1. The molecule has 2 saturated heterocycles. The highest BCUT2D eigenvalue weighted by Gasteiger charge is 2.21. The van der Waals surface area contributed by atoms with Crippen molar-refractivity contribution in [3.63, 3.8) is 0 Å². The number of carbonyl (C=O) groups is 2. The molecule has 0 saturated carbocycles. The first kappa shape index (κ1) is 19.6. The van der Waals surface area contributed by atoms with Crippen LogP contribution < -0.4 is 15.5 Å². The van der Waals surface area contributed by atoms with E-state index in [-0.39, 0.29) is 0 Å². The summed E-state index contributed by atoms with van der Waals surface area (Å²) in [5.41, 5.74) is 1.19. The molecule has 0 radical (unpaired) electrons. The van der Waals surface area contributed by atoms with Crippen molar-refractivity contribution in [1.82, 2.24) is 20.5 Å². The highest BCUT2D eigenvalue weighted by atomic mass is 16.5. The minimum atomic E-state index is -0.544. The quantitative estimate of drug-likeness (QED) is 0.674. The van der Waals surface area contributed by atoms with E-state index in [1.54, 1.807) is 12.4 Å². The number of pyridine rings is 1. The lowest BCUT2D eigenvalue weighted by atomic mass is 9.96. The van der Waals surface area contributed by atoms with Crippen molar-refractivity contribution < 1.29 is 14.3 Å². The van der Waals surface area contributed by atoms with E-state index >= 15 is 0 Å². The molecule has 1 aromatic heterocycles. The molecule has 0 bridgehead atoms. The lowest BCUT2D eigenvalue weighted by Crippen LogP contribution is -2.46. The number of amides is 2. The zero-order valence-electron chi connectivity index (χ0n) is 15.7. The zero-order chi connectivity index (χ0) is 18.9. The van der Waals surface area contributed by atoms with Gasteiger partial charge in [0.05, 0.1) is 13.2 Å². The van der Waals surface area contributed by atoms with Gasteiger partial charge in [-0.1, -0.05) is 0 Å². The molecule has 27 heavy (non-hydrogen) atoms. The van der Waals surface area contributed by atoms with Crippen LogP contribution in [-0.2, 0) is 14.3 Å². The van der Waals surface area contributed by atoms with Gasteiger partial charge >= 0.3 is 11.8 Å². The molecule has 8 nitrogen and oxygen atoms in total. The van der Waals surface area contributed by atoms with Gasteiger partial charge in [0.2, 0.25) is 0 Å². The summed E-state index contributed by atoms with van der Waals surface area (Å²) in [5.74, 6) is -0.667. The molecule has 0 aliphatic carbocycles. The van der Waals surface area contributed by atoms with Crippen LogP contribution in [0.25, 0.3) is 0 Å². The van der Waals surface area contributed by atoms with Crippen LogP contribution in [0.3, 0.4) is 0 Å². The number of anilines is 1. The minimum absolute atomic E-state index is 0.410. The predicted molar refractivity (Wildman–Crippen MR) is 102 cm³/mol. The predicted octanol–water partition coefficient (Wildman–Crippen LogP) is -0.137. The fourth-order valence-corrected chi connectivity index (χ4v) is 3.50. The largest absolute Gasteiger partial charge is 0.379 e. The lowest BCUT2D eigenvalue weighted by Gasteiger charge is -2.33. The molecule has 0 atom stereocenters. The Labute approximate surface area is 160 Å². The second kappa shape index (κ2) is 10.2. The lowest BCUT2D eigenvalue weighted by molar-refractivity contribution is -0.139. The number of hydrogen-bond acceptors (Lipinski definition) is 6. The molecule has 0 spiro atoms. The van der Waals surface area contributed by atoms with Crippen molar-refractivity contribution in [3.05, 3.63) is 24.5 Å². The highest BCUT2D eigenvalue weighted by molar-refractivity contribution is 6.35. The molecule has 2 aliphatic heterocycles. The van der Waals surface area contributed by atoms with Gasteiger partial charge in [-0.15, -0.1) is 0 Å². The van der Waals surface area contributed by atoms with Crippen LogP contribution in [-0.4, -0.2) is 80.7 Å². The molecule has 3 rings (SSSR count). The van der Waals surface area contributed by atoms with Gasteiger partial charge in [0.1, 0.15) is 0 Å². The number of aromatic nitrogens is 1. The SMILES string of the molecule is O=C(NCCN1CCOCC1)C(=O)NCC1CCN(c2ccncc2)CC1. The van der Waals surface area contributed by atoms with Crippen molar-refractivity contribution in [2.75, 3.05) is 63.9 Å². The Bertz CT molecular complexity index is 599. The Balaban J connectivity index is 1.29. The van der Waals surface area contributed by atoms with Crippen LogP contribution in [0.15, 0.2) is 24.5 Å². The molecule has 0 aromatic carbocycles. The number of nitrogens with zero attached hydrogens (tertiary/aromatic N) is 3. The molecule has 2 aliphatic rings. The fourth-order valence-electron chi connectivity index (χ4n) is 3.50. The van der Waals surface area contributed by atoms with E-state index in [0.29, 0.717) is 19.0 Å². The molecule has 8 heteroatoms. The van der Waals surface area contributed by atoms with Crippen molar-refractivity contribution >= 4 is 17.5 Å². The average molecular weight is 375 g/mol. The number of morpholine rings is 1. The number of rotatable bonds is 6. The van der Waals surface area contributed by atoms with Crippen LogP contribution >= 0.6 is 0 Å². The first-order valence-corrected chi connectivity index (χ1v) is 9.73. The molecule has 2 N–H and O–H groups in total. The summed E-state index contributed by atoms with van der Waals surface area (Å²) < 4.78 is 5.29. The van der Waals surface area contributed by atoms with Crippen LogP contribution in [0.2, 0.25) is 0 Å². The topological polar surface area (TPSA) is 86.8 Å². The summed E-state index contributed by atoms with van der Waals surface area (Å²) in [4.78, 5) is 32.5. The van der Waals surface area contributed by atoms with Crippen LogP contribution in [0.5, 0.6) is 0 Å². The van der Waals surface area contributed by atoms with Gasteiger partial charge in [-0.3, -0.25) is 19.5 Å². The van der Waals surface area contributed by atoms with Gasteiger partial charge in [0.25, 0.3) is 0 Å². The summed E-state index contributed by atoms with van der Waals surface area (Å²) in [7, 11) is 0. The fraction of sp³-hybridized carbons (Fsp3) is 0.632. The van der Waals surface area contributed by atoms with Crippen molar-refractivity contribution in [3.8, 4) is 0 Å². The van der Waals surface area contributed by atoms with Crippen molar-refractivity contribution in [1.29, 1.82) is 0 Å². The van der Waals surface area contributed by atoms with Crippen molar-refractivity contribution in [2.45, 2.75) is 12.8 Å². The third-order valence-corrected chi connectivity index (χ3v) is 5.22. The number of hydrogen-bond donors (Lipinski definition) is 2. The van der Waals surface area contributed by atoms with E-state index in [0.717, 1.165) is 58.8 Å². The van der Waals surface area contributed by atoms with Gasteiger partial charge in [-0.25, -0.2) is 0 Å². The molecular weight excluding hydrogens is 346 g/mol. The third kappa shape index (κ3) is 6.18. The Morgan fingerprint density at radius 2 is 1.70 bits per heavy atom. The van der Waals surface area contributed by atoms with E-state index in [4.69, 9.17) is 4.74 Å². The first-order chi connectivity index (χ1) is 13.2. The second-order valence-electron chi connectivity index (χ2n) is 7.06. The summed E-state index contributed by atoms with van der Waals surface area (Å²) in [6.07, 6.45) is 5.61. The van der Waals surface area contributed by atoms with Crippen LogP contribution in [0.1, 0.15) is 12.8 Å². The maximum atomic E-state index is 12.0. The van der Waals surface area contributed by atoms with Crippen LogP contribution in [0, 0.1) is 5.92 Å². The molecule has 2 fully saturated rings. The average Bonchev–Trinajstić information content (AvgIpc) is 2.73. The molecule has 148 valence electrons. The third-order valence-electron chi connectivity index (χ3n) is 5.22. The zero-order valence-corrected chi connectivity index (χ0v) is 15.7. The van der Waals surface area contributed by atoms with Gasteiger partial charge in [-0.05, 0) is 30.9 Å². The Morgan fingerprint density at radius 3 is 2.41 bits per heavy atom. The molecule has 2 amide bonds. The summed E-state index contributed by atoms with van der Waals surface area (Å²) in [6.45, 7) is 6.91. The van der Waals surface area contributed by atoms with Gasteiger partial charge in [0.15, 0.2) is 0 Å². The van der Waals surface area contributed by atoms with Crippen LogP contribution in [0.4, 0.5) is 5.69 Å². The minimum Gasteiger partial charge on any atom is -0.379 e. The van der Waals surface area contributed by atoms with Gasteiger partial charge in [-0.2, -0.15) is 0 Å². The molecule has 1 aromatic rings. The highest BCUT2D eigenvalue weighted by Crippen LogP contribution is 2.22. The molecular formula is C19H29N5O3. The number of carbonyl (C=O) groups excluding carboxylic acids is 2. The van der Waals surface area contributed by atoms with Gasteiger partial charge < -0.3 is 20.3 Å². The normalized spacial score (nSPS) is 18.9. The maximum Gasteiger partial charge on any atom is 0.309 e. The maximum absolute atomic E-state index is 12.0. The number of piperidine rings is 1. The van der Waals surface area contributed by atoms with Crippen molar-refractivity contribution in [2.24, 2.45) is 5.92 Å². The van der Waals surface area contributed by atoms with E-state index < -0.39 is 11.8 Å². The number of nitrogens with one attached hydrogen (secondary N) is 2. The summed E-state index contributed by atoms with van der Waals surface area (Å²) in [6, 6.07) is 4.03. The van der Waals surface area contributed by atoms with E-state index in [1.165, 1.54) is 5.69 Å². The summed E-state index contributed by atoms with van der Waals surface area (Å²) in [5, 5.41) is 5.48. The Kier molecular flexibility index (Phi) is 7.41. The van der Waals surface area contributed by atoms with E-state index in [9.17, 15) is 9.59 Å².